The molecule has 3 aromatic carbocycles. The average molecular weight is 635 g/mol. The number of aromatic nitrogens is 4. The van der Waals surface area contributed by atoms with E-state index < -0.39 is 35.7 Å². The predicted molar refractivity (Wildman–Crippen MR) is 153 cm³/mol. The van der Waals surface area contributed by atoms with Crippen molar-refractivity contribution in [1.29, 1.82) is 0 Å². The van der Waals surface area contributed by atoms with Gasteiger partial charge in [-0.25, -0.2) is 19.2 Å². The van der Waals surface area contributed by atoms with Gasteiger partial charge in [0.2, 0.25) is 0 Å². The van der Waals surface area contributed by atoms with Gasteiger partial charge in [-0.1, -0.05) is 37.3 Å². The Morgan fingerprint density at radius 1 is 1.02 bits per heavy atom. The van der Waals surface area contributed by atoms with Gasteiger partial charge >= 0.3 is 18.3 Å². The standard InChI is InChI=1S/C28H24F4N6.C2HF3O2/c1-3-16-8-11-23(29)21(14-16)24(35-18-9-10-19-17(15-18)12-13-34-25(19)33)27-36-26(37-38(27)2)20-6-4-5-7-22(20)28(30,31)32;3-2(4,5)1(6)7/h4-15,24,35H,3H2,1-2H3,(H2,33,34);(H,6,7). The number of nitrogen functional groups attached to an aromatic ring is 1. The Morgan fingerprint density at radius 3 is 2.36 bits per heavy atom. The van der Waals surface area contributed by atoms with Gasteiger partial charge in [0.25, 0.3) is 0 Å². The number of nitrogens with one attached hydrogen (secondary N) is 1. The summed E-state index contributed by atoms with van der Waals surface area (Å²) >= 11 is 0. The van der Waals surface area contributed by atoms with E-state index in [4.69, 9.17) is 15.6 Å². The molecule has 0 bridgehead atoms. The first kappa shape index (κ1) is 32.7. The third kappa shape index (κ3) is 7.48. The van der Waals surface area contributed by atoms with E-state index in [1.54, 1.807) is 43.6 Å². The van der Waals surface area contributed by atoms with Crippen molar-refractivity contribution >= 4 is 28.2 Å². The maximum absolute atomic E-state index is 15.3. The van der Waals surface area contributed by atoms with Gasteiger partial charge in [0.15, 0.2) is 11.6 Å². The summed E-state index contributed by atoms with van der Waals surface area (Å²) in [6, 6.07) is 16.3. The number of fused-ring (bicyclic) bond motifs is 1. The van der Waals surface area contributed by atoms with Gasteiger partial charge in [0.05, 0.1) is 5.56 Å². The lowest BCUT2D eigenvalue weighted by molar-refractivity contribution is -0.192. The summed E-state index contributed by atoms with van der Waals surface area (Å²) in [7, 11) is 1.57. The van der Waals surface area contributed by atoms with Crippen molar-refractivity contribution < 1.29 is 40.6 Å². The van der Waals surface area contributed by atoms with Crippen LogP contribution < -0.4 is 11.1 Å². The summed E-state index contributed by atoms with van der Waals surface area (Å²) in [4.78, 5) is 17.5. The number of hydrogen-bond acceptors (Lipinski definition) is 6. The third-order valence-electron chi connectivity index (χ3n) is 6.66. The molecule has 5 aromatic rings. The number of anilines is 2. The number of rotatable bonds is 6. The summed E-state index contributed by atoms with van der Waals surface area (Å²) in [5.41, 5.74) is 6.81. The van der Waals surface area contributed by atoms with Crippen LogP contribution in [0.4, 0.5) is 42.2 Å². The van der Waals surface area contributed by atoms with E-state index in [1.807, 2.05) is 13.0 Å². The highest BCUT2D eigenvalue weighted by atomic mass is 19.4. The normalized spacial score (nSPS) is 12.4. The van der Waals surface area contributed by atoms with Crippen LogP contribution in [0.15, 0.2) is 72.9 Å². The molecular formula is C30H25F7N6O2. The van der Waals surface area contributed by atoms with E-state index in [1.165, 1.54) is 28.9 Å². The third-order valence-corrected chi connectivity index (χ3v) is 6.66. The van der Waals surface area contributed by atoms with Gasteiger partial charge < -0.3 is 16.2 Å². The zero-order chi connectivity index (χ0) is 33.1. The van der Waals surface area contributed by atoms with Gasteiger partial charge in [0, 0.05) is 35.4 Å². The summed E-state index contributed by atoms with van der Waals surface area (Å²) in [6.07, 6.45) is -7.40. The first-order valence-electron chi connectivity index (χ1n) is 13.2. The molecule has 0 saturated heterocycles. The fourth-order valence-corrected chi connectivity index (χ4v) is 4.46. The lowest BCUT2D eigenvalue weighted by Crippen LogP contribution is -2.21. The SMILES string of the molecule is CCc1ccc(F)c(C(Nc2ccc3c(N)nccc3c2)c2nc(-c3ccccc3C(F)(F)F)nn2C)c1.O=C(O)C(F)(F)F. The van der Waals surface area contributed by atoms with Crippen LogP contribution in [0.3, 0.4) is 0 Å². The van der Waals surface area contributed by atoms with Crippen molar-refractivity contribution in [3.63, 3.8) is 0 Å². The van der Waals surface area contributed by atoms with E-state index in [-0.39, 0.29) is 17.2 Å². The van der Waals surface area contributed by atoms with Gasteiger partial charge in [-0.05, 0) is 53.8 Å². The van der Waals surface area contributed by atoms with Crippen LogP contribution >= 0.6 is 0 Å². The minimum absolute atomic E-state index is 0.105. The Labute approximate surface area is 251 Å². The maximum atomic E-state index is 15.3. The molecule has 0 saturated carbocycles. The van der Waals surface area contributed by atoms with E-state index in [0.717, 1.165) is 22.4 Å². The quantitative estimate of drug-likeness (QED) is 0.170. The van der Waals surface area contributed by atoms with E-state index >= 15 is 4.39 Å². The molecule has 0 aliphatic rings. The number of halogens is 7. The van der Waals surface area contributed by atoms with E-state index in [2.05, 4.69) is 20.4 Å². The van der Waals surface area contributed by atoms with Crippen LogP contribution in [0.2, 0.25) is 0 Å². The zero-order valence-corrected chi connectivity index (χ0v) is 23.6. The second-order valence-electron chi connectivity index (χ2n) is 9.68. The number of benzene rings is 3. The maximum Gasteiger partial charge on any atom is 0.490 e. The van der Waals surface area contributed by atoms with Gasteiger partial charge in [-0.15, -0.1) is 0 Å². The van der Waals surface area contributed by atoms with Crippen LogP contribution in [-0.2, 0) is 24.4 Å². The molecule has 0 amide bonds. The molecule has 0 aliphatic carbocycles. The Kier molecular flexibility index (Phi) is 9.30. The van der Waals surface area contributed by atoms with E-state index in [9.17, 15) is 26.3 Å². The Bertz CT molecular complexity index is 1840. The van der Waals surface area contributed by atoms with Crippen LogP contribution in [0.25, 0.3) is 22.2 Å². The first-order valence-corrected chi connectivity index (χ1v) is 13.2. The molecular weight excluding hydrogens is 609 g/mol. The summed E-state index contributed by atoms with van der Waals surface area (Å²) in [5, 5.41) is 16.3. The van der Waals surface area contributed by atoms with Crippen molar-refractivity contribution in [3.8, 4) is 11.4 Å². The minimum Gasteiger partial charge on any atom is -0.475 e. The van der Waals surface area contributed by atoms with Crippen LogP contribution in [0, 0.1) is 5.82 Å². The number of aryl methyl sites for hydroxylation is 2. The highest BCUT2D eigenvalue weighted by Crippen LogP contribution is 2.37. The van der Waals surface area contributed by atoms with Gasteiger partial charge in [-0.2, -0.15) is 31.4 Å². The molecule has 2 aromatic heterocycles. The molecule has 4 N–H and O–H groups in total. The monoisotopic (exact) mass is 634 g/mol. The highest BCUT2D eigenvalue weighted by Gasteiger charge is 2.38. The number of aliphatic carboxylic acids is 1. The molecule has 2 heterocycles. The van der Waals surface area contributed by atoms with Crippen molar-refractivity contribution in [1.82, 2.24) is 19.7 Å². The number of nitrogens with zero attached hydrogens (tertiary/aromatic N) is 4. The number of hydrogen-bond donors (Lipinski definition) is 3. The fraction of sp³-hybridized carbons (Fsp3) is 0.200. The Morgan fingerprint density at radius 2 is 1.71 bits per heavy atom. The molecule has 236 valence electrons. The number of carboxylic acids is 1. The molecule has 0 fully saturated rings. The van der Waals surface area contributed by atoms with Crippen LogP contribution in [0.1, 0.15) is 35.5 Å². The molecule has 8 nitrogen and oxygen atoms in total. The molecule has 0 spiro atoms. The van der Waals surface area contributed by atoms with Crippen molar-refractivity contribution in [2.75, 3.05) is 11.1 Å². The van der Waals surface area contributed by atoms with Crippen molar-refractivity contribution in [3.05, 3.63) is 101 Å². The molecule has 1 unspecified atom stereocenters. The van der Waals surface area contributed by atoms with Crippen LogP contribution in [0.5, 0.6) is 0 Å². The second-order valence-corrected chi connectivity index (χ2v) is 9.68. The molecule has 1 atom stereocenters. The molecule has 15 heteroatoms. The molecule has 5 rings (SSSR count). The lowest BCUT2D eigenvalue weighted by Gasteiger charge is -2.21. The predicted octanol–water partition coefficient (Wildman–Crippen LogP) is 7.17. The molecule has 0 radical (unpaired) electrons. The minimum atomic E-state index is -5.08. The number of carbonyl (C=O) groups is 1. The summed E-state index contributed by atoms with van der Waals surface area (Å²) < 4.78 is 89.5. The lowest BCUT2D eigenvalue weighted by atomic mass is 10.0. The smallest absolute Gasteiger partial charge is 0.475 e. The largest absolute Gasteiger partial charge is 0.490 e. The number of carboxylic acid groups (broad SMARTS) is 1. The average Bonchev–Trinajstić information content (AvgIpc) is 3.37. The molecule has 45 heavy (non-hydrogen) atoms. The topological polar surface area (TPSA) is 119 Å². The number of alkyl halides is 6. The van der Waals surface area contributed by atoms with Gasteiger partial charge in [-0.3, -0.25) is 4.68 Å². The molecule has 0 aliphatic heterocycles. The van der Waals surface area contributed by atoms with Gasteiger partial charge in [0.1, 0.15) is 17.7 Å². The summed E-state index contributed by atoms with van der Waals surface area (Å²) in [5.74, 6) is -2.71. The number of pyridine rings is 1. The second kappa shape index (κ2) is 12.8. The highest BCUT2D eigenvalue weighted by molar-refractivity contribution is 5.93. The zero-order valence-electron chi connectivity index (χ0n) is 23.6. The van der Waals surface area contributed by atoms with Crippen molar-refractivity contribution in [2.24, 2.45) is 7.05 Å². The van der Waals surface area contributed by atoms with Crippen LogP contribution in [-0.4, -0.2) is 37.0 Å². The Balaban J connectivity index is 0.000000591. The van der Waals surface area contributed by atoms with E-state index in [0.29, 0.717) is 23.5 Å². The Hall–Kier alpha value is -5.21. The fourth-order valence-electron chi connectivity index (χ4n) is 4.46. The first-order chi connectivity index (χ1) is 21.1. The summed E-state index contributed by atoms with van der Waals surface area (Å²) in [6.45, 7) is 1.95. The van der Waals surface area contributed by atoms with Crippen molar-refractivity contribution in [2.45, 2.75) is 31.7 Å². The number of nitrogens with two attached hydrogens (primary N) is 1.